The number of nitrogens with one attached hydrogen (secondary N) is 1. The van der Waals surface area contributed by atoms with E-state index in [1.807, 2.05) is 36.1 Å². The minimum Gasteiger partial charge on any atom is -0.395 e. The SMILES string of the molecule is Cc1ccc(CNC(=O)CN2CCOCC2CO)cc1. The highest BCUT2D eigenvalue weighted by molar-refractivity contribution is 5.78. The summed E-state index contributed by atoms with van der Waals surface area (Å²) < 4.78 is 5.29. The summed E-state index contributed by atoms with van der Waals surface area (Å²) in [6.07, 6.45) is 0. The highest BCUT2D eigenvalue weighted by atomic mass is 16.5. The molecule has 0 aromatic heterocycles. The van der Waals surface area contributed by atoms with Crippen LogP contribution in [0.4, 0.5) is 0 Å². The lowest BCUT2D eigenvalue weighted by atomic mass is 10.1. The molecule has 0 spiro atoms. The maximum absolute atomic E-state index is 11.9. The van der Waals surface area contributed by atoms with Gasteiger partial charge in [0.2, 0.25) is 5.91 Å². The first kappa shape index (κ1) is 15.0. The number of carbonyl (C=O) groups is 1. The Morgan fingerprint density at radius 3 is 2.90 bits per heavy atom. The Morgan fingerprint density at radius 2 is 2.20 bits per heavy atom. The van der Waals surface area contributed by atoms with Crippen LogP contribution in [0.2, 0.25) is 0 Å². The van der Waals surface area contributed by atoms with Gasteiger partial charge >= 0.3 is 0 Å². The van der Waals surface area contributed by atoms with Crippen molar-refractivity contribution in [2.24, 2.45) is 0 Å². The van der Waals surface area contributed by atoms with E-state index in [-0.39, 0.29) is 18.6 Å². The summed E-state index contributed by atoms with van der Waals surface area (Å²) >= 11 is 0. The molecule has 1 heterocycles. The molecule has 5 heteroatoms. The van der Waals surface area contributed by atoms with E-state index in [4.69, 9.17) is 4.74 Å². The standard InChI is InChI=1S/C15H22N2O3/c1-12-2-4-13(5-3-12)8-16-15(19)9-17-6-7-20-11-14(17)10-18/h2-5,14,18H,6-11H2,1H3,(H,16,19). The molecule has 0 aliphatic carbocycles. The van der Waals surface area contributed by atoms with E-state index in [2.05, 4.69) is 5.32 Å². The van der Waals surface area contributed by atoms with Gasteiger partial charge in [0, 0.05) is 13.1 Å². The Kier molecular flexibility index (Phi) is 5.52. The second kappa shape index (κ2) is 7.38. The average Bonchev–Trinajstić information content (AvgIpc) is 2.47. The zero-order chi connectivity index (χ0) is 14.4. The van der Waals surface area contributed by atoms with Gasteiger partial charge < -0.3 is 15.2 Å². The number of amides is 1. The van der Waals surface area contributed by atoms with Crippen molar-refractivity contribution in [1.82, 2.24) is 10.2 Å². The molecule has 2 rings (SSSR count). The van der Waals surface area contributed by atoms with Crippen LogP contribution in [-0.2, 0) is 16.1 Å². The first-order valence-corrected chi connectivity index (χ1v) is 6.94. The van der Waals surface area contributed by atoms with Crippen molar-refractivity contribution in [3.05, 3.63) is 35.4 Å². The highest BCUT2D eigenvalue weighted by Crippen LogP contribution is 2.06. The van der Waals surface area contributed by atoms with Crippen molar-refractivity contribution in [1.29, 1.82) is 0 Å². The van der Waals surface area contributed by atoms with Crippen LogP contribution < -0.4 is 5.32 Å². The molecule has 1 aliphatic rings. The summed E-state index contributed by atoms with van der Waals surface area (Å²) in [5.74, 6) is -0.0223. The van der Waals surface area contributed by atoms with Gasteiger partial charge in [-0.05, 0) is 12.5 Å². The number of rotatable bonds is 5. The average molecular weight is 278 g/mol. The predicted molar refractivity (Wildman–Crippen MR) is 76.3 cm³/mol. The molecule has 1 aromatic carbocycles. The molecule has 0 radical (unpaired) electrons. The molecule has 1 aliphatic heterocycles. The Labute approximate surface area is 119 Å². The van der Waals surface area contributed by atoms with Gasteiger partial charge in [0.15, 0.2) is 0 Å². The summed E-state index contributed by atoms with van der Waals surface area (Å²) in [5, 5.41) is 12.2. The maximum Gasteiger partial charge on any atom is 0.234 e. The van der Waals surface area contributed by atoms with E-state index >= 15 is 0 Å². The number of morpholine rings is 1. The fraction of sp³-hybridized carbons (Fsp3) is 0.533. The summed E-state index contributed by atoms with van der Waals surface area (Å²) in [5.41, 5.74) is 2.30. The quantitative estimate of drug-likeness (QED) is 0.813. The van der Waals surface area contributed by atoms with Crippen LogP contribution >= 0.6 is 0 Å². The zero-order valence-corrected chi connectivity index (χ0v) is 11.8. The largest absolute Gasteiger partial charge is 0.395 e. The normalized spacial score (nSPS) is 19.8. The van der Waals surface area contributed by atoms with Crippen LogP contribution in [-0.4, -0.2) is 54.9 Å². The smallest absolute Gasteiger partial charge is 0.234 e. The molecule has 1 fully saturated rings. The van der Waals surface area contributed by atoms with Crippen LogP contribution in [0.3, 0.4) is 0 Å². The van der Waals surface area contributed by atoms with E-state index in [0.29, 0.717) is 32.8 Å². The molecule has 5 nitrogen and oxygen atoms in total. The van der Waals surface area contributed by atoms with Gasteiger partial charge in [0.05, 0.1) is 32.4 Å². The number of aliphatic hydroxyl groups is 1. The van der Waals surface area contributed by atoms with Crippen LogP contribution in [0.15, 0.2) is 24.3 Å². The van der Waals surface area contributed by atoms with Gasteiger partial charge in [0.25, 0.3) is 0 Å². The van der Waals surface area contributed by atoms with Crippen LogP contribution in [0.5, 0.6) is 0 Å². The Morgan fingerprint density at radius 1 is 1.45 bits per heavy atom. The van der Waals surface area contributed by atoms with E-state index in [1.165, 1.54) is 5.56 Å². The van der Waals surface area contributed by atoms with Crippen LogP contribution in [0, 0.1) is 6.92 Å². The van der Waals surface area contributed by atoms with Crippen molar-refractivity contribution < 1.29 is 14.6 Å². The number of benzene rings is 1. The van der Waals surface area contributed by atoms with E-state index in [0.717, 1.165) is 5.56 Å². The van der Waals surface area contributed by atoms with Crippen molar-refractivity contribution in [2.45, 2.75) is 19.5 Å². The summed E-state index contributed by atoms with van der Waals surface area (Å²) in [6.45, 7) is 4.68. The molecule has 110 valence electrons. The molecule has 0 saturated carbocycles. The number of nitrogens with zero attached hydrogens (tertiary/aromatic N) is 1. The molecule has 1 unspecified atom stereocenters. The fourth-order valence-corrected chi connectivity index (χ4v) is 2.21. The lowest BCUT2D eigenvalue weighted by Crippen LogP contribution is -2.51. The molecule has 2 N–H and O–H groups in total. The van der Waals surface area contributed by atoms with Crippen molar-refractivity contribution in [3.8, 4) is 0 Å². The molecular formula is C15H22N2O3. The summed E-state index contributed by atoms with van der Waals surface area (Å²) in [7, 11) is 0. The van der Waals surface area contributed by atoms with Gasteiger partial charge in [0.1, 0.15) is 0 Å². The van der Waals surface area contributed by atoms with Crippen molar-refractivity contribution >= 4 is 5.91 Å². The molecule has 0 bridgehead atoms. The summed E-state index contributed by atoms with van der Waals surface area (Å²) in [6, 6.07) is 8.02. The molecule has 1 saturated heterocycles. The number of aryl methyl sites for hydroxylation is 1. The lowest BCUT2D eigenvalue weighted by molar-refractivity contribution is -0.125. The van der Waals surface area contributed by atoms with E-state index in [1.54, 1.807) is 0 Å². The molecule has 1 amide bonds. The lowest BCUT2D eigenvalue weighted by Gasteiger charge is -2.33. The third-order valence-electron chi connectivity index (χ3n) is 3.52. The number of hydrogen-bond donors (Lipinski definition) is 2. The van der Waals surface area contributed by atoms with Gasteiger partial charge in [-0.15, -0.1) is 0 Å². The molecule has 1 atom stereocenters. The third-order valence-corrected chi connectivity index (χ3v) is 3.52. The maximum atomic E-state index is 11.9. The number of carbonyl (C=O) groups excluding carboxylic acids is 1. The monoisotopic (exact) mass is 278 g/mol. The topological polar surface area (TPSA) is 61.8 Å². The number of ether oxygens (including phenoxy) is 1. The van der Waals surface area contributed by atoms with Crippen molar-refractivity contribution in [2.75, 3.05) is 32.9 Å². The van der Waals surface area contributed by atoms with E-state index < -0.39 is 0 Å². The summed E-state index contributed by atoms with van der Waals surface area (Å²) in [4.78, 5) is 13.9. The van der Waals surface area contributed by atoms with Gasteiger partial charge in [-0.25, -0.2) is 0 Å². The van der Waals surface area contributed by atoms with Crippen molar-refractivity contribution in [3.63, 3.8) is 0 Å². The van der Waals surface area contributed by atoms with E-state index in [9.17, 15) is 9.90 Å². The zero-order valence-electron chi connectivity index (χ0n) is 11.8. The third kappa shape index (κ3) is 4.30. The van der Waals surface area contributed by atoms with Gasteiger partial charge in [-0.3, -0.25) is 9.69 Å². The molecule has 1 aromatic rings. The first-order chi connectivity index (χ1) is 9.69. The van der Waals surface area contributed by atoms with Gasteiger partial charge in [-0.2, -0.15) is 0 Å². The highest BCUT2D eigenvalue weighted by Gasteiger charge is 2.23. The fourth-order valence-electron chi connectivity index (χ4n) is 2.21. The number of hydrogen-bond acceptors (Lipinski definition) is 4. The minimum absolute atomic E-state index is 0.0191. The molecule has 20 heavy (non-hydrogen) atoms. The second-order valence-electron chi connectivity index (χ2n) is 5.14. The van der Waals surface area contributed by atoms with Gasteiger partial charge in [-0.1, -0.05) is 29.8 Å². The second-order valence-corrected chi connectivity index (χ2v) is 5.14. The minimum atomic E-state index is -0.0751. The Bertz CT molecular complexity index is 433. The predicted octanol–water partition coefficient (Wildman–Crippen LogP) is 0.304. The Hall–Kier alpha value is -1.43. The Balaban J connectivity index is 1.78. The van der Waals surface area contributed by atoms with Crippen LogP contribution in [0.25, 0.3) is 0 Å². The molecular weight excluding hydrogens is 256 g/mol. The number of aliphatic hydroxyl groups excluding tert-OH is 1. The van der Waals surface area contributed by atoms with Crippen LogP contribution in [0.1, 0.15) is 11.1 Å². The first-order valence-electron chi connectivity index (χ1n) is 6.94.